The van der Waals surface area contributed by atoms with Gasteiger partial charge in [0.05, 0.1) is 5.57 Å². The van der Waals surface area contributed by atoms with E-state index >= 15 is 0 Å². The summed E-state index contributed by atoms with van der Waals surface area (Å²) in [6, 6.07) is 0. The van der Waals surface area contributed by atoms with Crippen LogP contribution in [-0.4, -0.2) is 34.9 Å². The number of hydrogen-bond donors (Lipinski definition) is 2. The van der Waals surface area contributed by atoms with Crippen LogP contribution in [0, 0.1) is 5.92 Å². The van der Waals surface area contributed by atoms with Gasteiger partial charge in [-0.05, 0) is 19.4 Å². The molecule has 0 aromatic rings. The molecule has 0 aromatic carbocycles. The number of carboxylic acid groups (broad SMARTS) is 2. The molecule has 0 saturated carbocycles. The maximum absolute atomic E-state index is 11.2. The van der Waals surface area contributed by atoms with Gasteiger partial charge in [0.1, 0.15) is 11.5 Å². The molecule has 5 nitrogen and oxygen atoms in total. The fraction of sp³-hybridized carbons (Fsp3) is 0.455. The van der Waals surface area contributed by atoms with Crippen molar-refractivity contribution in [3.05, 3.63) is 23.3 Å². The molecule has 0 fully saturated rings. The molecule has 0 heterocycles. The molecule has 0 spiro atoms. The Morgan fingerprint density at radius 3 is 2.31 bits per heavy atom. The van der Waals surface area contributed by atoms with E-state index in [1.54, 1.807) is 19.9 Å². The van der Waals surface area contributed by atoms with E-state index < -0.39 is 23.5 Å². The third-order valence-corrected chi connectivity index (χ3v) is 3.08. The number of carboxylic acids is 2. The van der Waals surface area contributed by atoms with Gasteiger partial charge in [0.25, 0.3) is 0 Å². The molecule has 0 radical (unpaired) electrons. The van der Waals surface area contributed by atoms with Gasteiger partial charge < -0.3 is 14.9 Å². The lowest BCUT2D eigenvalue weighted by atomic mass is 9.75. The molecular formula is C11H14O5. The number of methoxy groups -OCH3 is 1. The van der Waals surface area contributed by atoms with Crippen molar-refractivity contribution in [2.24, 2.45) is 5.92 Å². The van der Waals surface area contributed by atoms with E-state index in [1.165, 1.54) is 13.2 Å². The minimum Gasteiger partial charge on any atom is -0.481 e. The van der Waals surface area contributed by atoms with Crippen LogP contribution in [0.15, 0.2) is 23.3 Å². The van der Waals surface area contributed by atoms with Crippen LogP contribution < -0.4 is 0 Å². The van der Waals surface area contributed by atoms with E-state index in [2.05, 4.69) is 0 Å². The van der Waals surface area contributed by atoms with Crippen LogP contribution in [0.5, 0.6) is 0 Å². The van der Waals surface area contributed by atoms with Gasteiger partial charge in [-0.15, -0.1) is 0 Å². The molecular weight excluding hydrogens is 212 g/mol. The van der Waals surface area contributed by atoms with Crippen LogP contribution in [0.25, 0.3) is 0 Å². The Kier molecular flexibility index (Phi) is 3.19. The minimum atomic E-state index is -1.24. The Hall–Kier alpha value is -1.62. The quantitative estimate of drug-likeness (QED) is 0.751. The van der Waals surface area contributed by atoms with Gasteiger partial charge in [-0.25, -0.2) is 4.79 Å². The molecule has 0 saturated heterocycles. The Bertz CT molecular complexity index is 393. The summed E-state index contributed by atoms with van der Waals surface area (Å²) >= 11 is 0. The Labute approximate surface area is 93.0 Å². The summed E-state index contributed by atoms with van der Waals surface area (Å²) in [6.45, 7) is 3.29. The fourth-order valence-electron chi connectivity index (χ4n) is 1.84. The molecule has 5 heteroatoms. The molecule has 0 amide bonds. The lowest BCUT2D eigenvalue weighted by Crippen LogP contribution is -2.46. The molecule has 1 aliphatic rings. The number of allylic oxidation sites excluding steroid dienone is 2. The first-order valence-electron chi connectivity index (χ1n) is 4.74. The maximum atomic E-state index is 11.2. The number of carbonyl (C=O) groups is 2. The standard InChI is InChI=1S/C11H14O5/c1-6-4-5-7(9(12)13)8(10(14)15)11(6,2)16-3/h4-5,8H,1-3H3,(H,12,13)(H,14,15). The number of rotatable bonds is 3. The second kappa shape index (κ2) is 4.09. The highest BCUT2D eigenvalue weighted by Gasteiger charge is 2.47. The van der Waals surface area contributed by atoms with Gasteiger partial charge in [0, 0.05) is 7.11 Å². The average Bonchev–Trinajstić information content (AvgIpc) is 2.20. The van der Waals surface area contributed by atoms with Crippen molar-refractivity contribution in [3.63, 3.8) is 0 Å². The lowest BCUT2D eigenvalue weighted by molar-refractivity contribution is -0.151. The molecule has 16 heavy (non-hydrogen) atoms. The summed E-state index contributed by atoms with van der Waals surface area (Å²) in [5.74, 6) is -3.63. The zero-order valence-electron chi connectivity index (χ0n) is 9.35. The predicted molar refractivity (Wildman–Crippen MR) is 56.0 cm³/mol. The van der Waals surface area contributed by atoms with Crippen molar-refractivity contribution in [2.75, 3.05) is 7.11 Å². The Balaban J connectivity index is 3.34. The highest BCUT2D eigenvalue weighted by Crippen LogP contribution is 2.37. The minimum absolute atomic E-state index is 0.164. The van der Waals surface area contributed by atoms with Gasteiger partial charge in [0.2, 0.25) is 0 Å². The normalized spacial score (nSPS) is 29.3. The molecule has 0 aliphatic heterocycles. The first kappa shape index (κ1) is 12.4. The summed E-state index contributed by atoms with van der Waals surface area (Å²) in [5.41, 5.74) is -0.594. The van der Waals surface area contributed by atoms with Crippen molar-refractivity contribution in [1.82, 2.24) is 0 Å². The van der Waals surface area contributed by atoms with Crippen molar-refractivity contribution in [2.45, 2.75) is 19.4 Å². The largest absolute Gasteiger partial charge is 0.481 e. The van der Waals surface area contributed by atoms with Gasteiger partial charge in [-0.3, -0.25) is 4.79 Å². The van der Waals surface area contributed by atoms with Crippen LogP contribution in [0.4, 0.5) is 0 Å². The first-order chi connectivity index (χ1) is 7.34. The van der Waals surface area contributed by atoms with Crippen LogP contribution in [0.2, 0.25) is 0 Å². The molecule has 1 rings (SSSR count). The van der Waals surface area contributed by atoms with Crippen molar-refractivity contribution in [3.8, 4) is 0 Å². The molecule has 1 aliphatic carbocycles. The Morgan fingerprint density at radius 1 is 1.38 bits per heavy atom. The smallest absolute Gasteiger partial charge is 0.332 e. The molecule has 88 valence electrons. The van der Waals surface area contributed by atoms with E-state index in [1.807, 2.05) is 0 Å². The van der Waals surface area contributed by atoms with E-state index in [0.717, 1.165) is 0 Å². The lowest BCUT2D eigenvalue weighted by Gasteiger charge is -2.37. The number of aliphatic carboxylic acids is 2. The van der Waals surface area contributed by atoms with Gasteiger partial charge in [0.15, 0.2) is 0 Å². The average molecular weight is 226 g/mol. The maximum Gasteiger partial charge on any atom is 0.332 e. The van der Waals surface area contributed by atoms with Gasteiger partial charge >= 0.3 is 11.9 Å². The zero-order chi connectivity index (χ0) is 12.5. The molecule has 2 atom stereocenters. The molecule has 0 bridgehead atoms. The van der Waals surface area contributed by atoms with Crippen LogP contribution >= 0.6 is 0 Å². The predicted octanol–water partition coefficient (Wildman–Crippen LogP) is 1.06. The van der Waals surface area contributed by atoms with Crippen LogP contribution in [-0.2, 0) is 14.3 Å². The molecule has 2 N–H and O–H groups in total. The SMILES string of the molecule is COC1(C)C(C)=CC=C(C(=O)O)C1C(=O)O. The highest BCUT2D eigenvalue weighted by molar-refractivity contribution is 5.95. The van der Waals surface area contributed by atoms with Crippen molar-refractivity contribution < 1.29 is 24.5 Å². The summed E-state index contributed by atoms with van der Waals surface area (Å²) < 4.78 is 5.19. The monoisotopic (exact) mass is 226 g/mol. The second-order valence-electron chi connectivity index (χ2n) is 3.86. The second-order valence-corrected chi connectivity index (χ2v) is 3.86. The van der Waals surface area contributed by atoms with E-state index in [9.17, 15) is 9.59 Å². The van der Waals surface area contributed by atoms with Crippen molar-refractivity contribution >= 4 is 11.9 Å². The topological polar surface area (TPSA) is 83.8 Å². The molecule has 0 aromatic heterocycles. The van der Waals surface area contributed by atoms with Gasteiger partial charge in [-0.2, -0.15) is 0 Å². The third-order valence-electron chi connectivity index (χ3n) is 3.08. The summed E-state index contributed by atoms with van der Waals surface area (Å²) in [4.78, 5) is 22.1. The highest BCUT2D eigenvalue weighted by atomic mass is 16.5. The number of hydrogen-bond acceptors (Lipinski definition) is 3. The summed E-state index contributed by atoms with van der Waals surface area (Å²) in [7, 11) is 1.37. The third kappa shape index (κ3) is 1.74. The molecule has 2 unspecified atom stereocenters. The number of ether oxygens (including phenoxy) is 1. The summed E-state index contributed by atoms with van der Waals surface area (Å²) in [6.07, 6.45) is 2.89. The summed E-state index contributed by atoms with van der Waals surface area (Å²) in [5, 5.41) is 18.1. The fourth-order valence-corrected chi connectivity index (χ4v) is 1.84. The van der Waals surface area contributed by atoms with Gasteiger partial charge in [-0.1, -0.05) is 12.2 Å². The Morgan fingerprint density at radius 2 is 1.94 bits per heavy atom. The van der Waals surface area contributed by atoms with E-state index in [-0.39, 0.29) is 5.57 Å². The van der Waals surface area contributed by atoms with E-state index in [4.69, 9.17) is 14.9 Å². The van der Waals surface area contributed by atoms with E-state index in [0.29, 0.717) is 5.57 Å². The zero-order valence-corrected chi connectivity index (χ0v) is 9.35. The van der Waals surface area contributed by atoms with Crippen LogP contribution in [0.1, 0.15) is 13.8 Å². The first-order valence-corrected chi connectivity index (χ1v) is 4.74. The van der Waals surface area contributed by atoms with Crippen molar-refractivity contribution in [1.29, 1.82) is 0 Å². The van der Waals surface area contributed by atoms with Crippen LogP contribution in [0.3, 0.4) is 0 Å².